The maximum absolute atomic E-state index is 12.4. The molecule has 7 heteroatoms. The molecule has 1 saturated heterocycles. The molecule has 2 N–H and O–H groups in total. The van der Waals surface area contributed by atoms with Gasteiger partial charge in [0, 0.05) is 25.4 Å². The lowest BCUT2D eigenvalue weighted by Crippen LogP contribution is -2.31. The van der Waals surface area contributed by atoms with Crippen molar-refractivity contribution in [3.05, 3.63) is 29.2 Å². The van der Waals surface area contributed by atoms with E-state index >= 15 is 0 Å². The Labute approximate surface area is 115 Å². The van der Waals surface area contributed by atoms with Crippen LogP contribution in [0, 0.1) is 13.8 Å². The number of hydrogen-bond acceptors (Lipinski definition) is 5. The highest BCUT2D eigenvalue weighted by atomic mass is 16.3. The van der Waals surface area contributed by atoms with Crippen LogP contribution in [-0.4, -0.2) is 60.9 Å². The van der Waals surface area contributed by atoms with Crippen LogP contribution in [0.1, 0.15) is 21.7 Å². The molecule has 1 aliphatic heterocycles. The first-order chi connectivity index (χ1) is 9.47. The van der Waals surface area contributed by atoms with Gasteiger partial charge in [0.25, 0.3) is 5.91 Å². The molecule has 1 aliphatic rings. The van der Waals surface area contributed by atoms with Gasteiger partial charge in [0.1, 0.15) is 0 Å². The topological polar surface area (TPSA) is 91.0 Å². The zero-order valence-electron chi connectivity index (χ0n) is 11.3. The fourth-order valence-electron chi connectivity index (χ4n) is 2.48. The van der Waals surface area contributed by atoms with E-state index < -0.39 is 12.2 Å². The number of carbonyl (C=O) groups excluding carboxylic acids is 1. The van der Waals surface area contributed by atoms with Gasteiger partial charge >= 0.3 is 0 Å². The first-order valence-electron chi connectivity index (χ1n) is 6.45. The number of likely N-dealkylation sites (tertiary alicyclic amines) is 1. The molecule has 1 fully saturated rings. The van der Waals surface area contributed by atoms with Crippen LogP contribution in [0.4, 0.5) is 0 Å². The van der Waals surface area contributed by atoms with Crippen LogP contribution in [0.3, 0.4) is 0 Å². The molecule has 0 aromatic carbocycles. The van der Waals surface area contributed by atoms with Gasteiger partial charge in [0.15, 0.2) is 5.65 Å². The van der Waals surface area contributed by atoms with Gasteiger partial charge in [-0.15, -0.1) is 0 Å². The molecule has 2 aromatic heterocycles. The van der Waals surface area contributed by atoms with Crippen molar-refractivity contribution in [3.8, 4) is 0 Å². The number of rotatable bonds is 1. The predicted molar refractivity (Wildman–Crippen MR) is 70.4 cm³/mol. The Morgan fingerprint density at radius 1 is 1.30 bits per heavy atom. The van der Waals surface area contributed by atoms with Crippen LogP contribution in [0.5, 0.6) is 0 Å². The molecule has 20 heavy (non-hydrogen) atoms. The number of fused-ring (bicyclic) bond motifs is 1. The lowest BCUT2D eigenvalue weighted by atomic mass is 10.2. The smallest absolute Gasteiger partial charge is 0.257 e. The first kappa shape index (κ1) is 13.0. The second-order valence-electron chi connectivity index (χ2n) is 5.16. The average Bonchev–Trinajstić information content (AvgIpc) is 2.93. The Bertz CT molecular complexity index is 672. The lowest BCUT2D eigenvalue weighted by molar-refractivity contribution is 0.0572. The summed E-state index contributed by atoms with van der Waals surface area (Å²) in [7, 11) is 0. The highest BCUT2D eigenvalue weighted by Crippen LogP contribution is 2.17. The fraction of sp³-hybridized carbons (Fsp3) is 0.462. The Hall–Kier alpha value is -1.99. The summed E-state index contributed by atoms with van der Waals surface area (Å²) in [6.45, 7) is 3.94. The minimum atomic E-state index is -0.886. The summed E-state index contributed by atoms with van der Waals surface area (Å²) in [5, 5.41) is 23.4. The zero-order valence-corrected chi connectivity index (χ0v) is 11.3. The van der Waals surface area contributed by atoms with Crippen LogP contribution in [0.25, 0.3) is 5.65 Å². The Balaban J connectivity index is 1.98. The van der Waals surface area contributed by atoms with E-state index in [0.29, 0.717) is 16.9 Å². The van der Waals surface area contributed by atoms with Crippen LogP contribution >= 0.6 is 0 Å². The van der Waals surface area contributed by atoms with Crippen LogP contribution in [-0.2, 0) is 0 Å². The van der Waals surface area contributed by atoms with E-state index in [9.17, 15) is 15.0 Å². The van der Waals surface area contributed by atoms with Crippen molar-refractivity contribution in [1.29, 1.82) is 0 Å². The third-order valence-corrected chi connectivity index (χ3v) is 3.62. The van der Waals surface area contributed by atoms with E-state index in [1.54, 1.807) is 11.4 Å². The van der Waals surface area contributed by atoms with Gasteiger partial charge in [-0.3, -0.25) is 4.79 Å². The summed E-state index contributed by atoms with van der Waals surface area (Å²) < 4.78 is 1.63. The molecule has 7 nitrogen and oxygen atoms in total. The summed E-state index contributed by atoms with van der Waals surface area (Å²) in [5.41, 5.74) is 2.65. The molecular formula is C13H16N4O3. The van der Waals surface area contributed by atoms with Crippen molar-refractivity contribution < 1.29 is 15.0 Å². The first-order valence-corrected chi connectivity index (χ1v) is 6.45. The van der Waals surface area contributed by atoms with Gasteiger partial charge in [-0.2, -0.15) is 5.10 Å². The molecule has 2 atom stereocenters. The van der Waals surface area contributed by atoms with Crippen molar-refractivity contribution in [2.75, 3.05) is 13.1 Å². The number of aliphatic hydroxyl groups is 2. The van der Waals surface area contributed by atoms with Crippen LogP contribution < -0.4 is 0 Å². The molecule has 1 amide bonds. The van der Waals surface area contributed by atoms with Crippen LogP contribution in [0.15, 0.2) is 12.3 Å². The van der Waals surface area contributed by atoms with Gasteiger partial charge in [0.05, 0.1) is 29.2 Å². The number of amides is 1. The molecule has 0 spiro atoms. The second-order valence-corrected chi connectivity index (χ2v) is 5.16. The van der Waals surface area contributed by atoms with Crippen molar-refractivity contribution in [2.45, 2.75) is 26.1 Å². The molecule has 3 rings (SSSR count). The van der Waals surface area contributed by atoms with E-state index in [0.717, 1.165) is 5.69 Å². The number of carbonyl (C=O) groups is 1. The standard InChI is InChI=1S/C13H16N4O3/c1-7-3-12-14-4-9(8(2)17(12)15-7)13(20)16-5-10(18)11(19)6-16/h3-4,10-11,18-19H,5-6H2,1-2H3/t10-,11+. The largest absolute Gasteiger partial charge is 0.388 e. The van der Waals surface area contributed by atoms with Gasteiger partial charge < -0.3 is 15.1 Å². The Morgan fingerprint density at radius 3 is 2.60 bits per heavy atom. The molecule has 0 aliphatic carbocycles. The molecule has 0 unspecified atom stereocenters. The molecule has 0 saturated carbocycles. The van der Waals surface area contributed by atoms with Gasteiger partial charge in [-0.05, 0) is 13.8 Å². The van der Waals surface area contributed by atoms with Gasteiger partial charge in [0.2, 0.25) is 0 Å². The van der Waals surface area contributed by atoms with E-state index in [4.69, 9.17) is 0 Å². The number of nitrogens with zero attached hydrogens (tertiary/aromatic N) is 4. The normalized spacial score (nSPS) is 22.7. The van der Waals surface area contributed by atoms with Gasteiger partial charge in [-0.1, -0.05) is 0 Å². The number of aryl methyl sites for hydroxylation is 2. The molecular weight excluding hydrogens is 260 g/mol. The summed E-state index contributed by atoms with van der Waals surface area (Å²) in [6.07, 6.45) is -0.253. The monoisotopic (exact) mass is 276 g/mol. The van der Waals surface area contributed by atoms with Crippen molar-refractivity contribution in [3.63, 3.8) is 0 Å². The van der Waals surface area contributed by atoms with E-state index in [-0.39, 0.29) is 19.0 Å². The SMILES string of the molecule is Cc1cc2ncc(C(=O)N3C[C@@H](O)[C@@H](O)C3)c(C)n2n1. The number of aliphatic hydroxyl groups excluding tert-OH is 2. The number of aromatic nitrogens is 3. The number of β-amino-alcohol motifs (C(OH)–C–C–N with tert-alkyl or cyclic N) is 2. The number of hydrogen-bond donors (Lipinski definition) is 2. The van der Waals surface area contributed by atoms with Crippen molar-refractivity contribution in [1.82, 2.24) is 19.5 Å². The molecule has 3 heterocycles. The Morgan fingerprint density at radius 2 is 1.95 bits per heavy atom. The minimum absolute atomic E-state index is 0.135. The maximum Gasteiger partial charge on any atom is 0.257 e. The van der Waals surface area contributed by atoms with E-state index in [1.807, 2.05) is 13.0 Å². The maximum atomic E-state index is 12.4. The molecule has 0 bridgehead atoms. The average molecular weight is 276 g/mol. The highest BCUT2D eigenvalue weighted by molar-refractivity contribution is 5.95. The third-order valence-electron chi connectivity index (χ3n) is 3.62. The van der Waals surface area contributed by atoms with Crippen molar-refractivity contribution >= 4 is 11.6 Å². The predicted octanol–water partition coefficient (Wildman–Crippen LogP) is -0.476. The molecule has 0 radical (unpaired) electrons. The lowest BCUT2D eigenvalue weighted by Gasteiger charge is -2.16. The van der Waals surface area contributed by atoms with Crippen molar-refractivity contribution in [2.24, 2.45) is 0 Å². The highest BCUT2D eigenvalue weighted by Gasteiger charge is 2.33. The summed E-state index contributed by atoms with van der Waals surface area (Å²) in [5.74, 6) is -0.249. The van der Waals surface area contributed by atoms with E-state index in [1.165, 1.54) is 11.1 Å². The van der Waals surface area contributed by atoms with Gasteiger partial charge in [-0.25, -0.2) is 9.50 Å². The molecule has 106 valence electrons. The Kier molecular flexibility index (Phi) is 2.95. The minimum Gasteiger partial charge on any atom is -0.388 e. The summed E-state index contributed by atoms with van der Waals surface area (Å²) in [6, 6.07) is 1.84. The summed E-state index contributed by atoms with van der Waals surface area (Å²) >= 11 is 0. The summed E-state index contributed by atoms with van der Waals surface area (Å²) in [4.78, 5) is 18.1. The third kappa shape index (κ3) is 1.95. The quantitative estimate of drug-likeness (QED) is 0.734. The van der Waals surface area contributed by atoms with Crippen LogP contribution in [0.2, 0.25) is 0 Å². The zero-order chi connectivity index (χ0) is 14.4. The van der Waals surface area contributed by atoms with E-state index in [2.05, 4.69) is 10.1 Å². The fourth-order valence-corrected chi connectivity index (χ4v) is 2.48. The molecule has 2 aromatic rings. The second kappa shape index (κ2) is 4.53.